The second kappa shape index (κ2) is 7.18. The third kappa shape index (κ3) is 4.12. The molecule has 0 aromatic heterocycles. The van der Waals surface area contributed by atoms with E-state index in [9.17, 15) is 0 Å². The van der Waals surface area contributed by atoms with Gasteiger partial charge in [0, 0.05) is 26.2 Å². The van der Waals surface area contributed by atoms with Gasteiger partial charge in [-0.15, -0.1) is 0 Å². The molecule has 0 bridgehead atoms. The summed E-state index contributed by atoms with van der Waals surface area (Å²) in [5.74, 6) is -2.86. The second-order valence-corrected chi connectivity index (χ2v) is 18.0. The number of nitrogens with zero attached hydrogens (tertiary/aromatic N) is 5. The molecule has 0 spiro atoms. The predicted molar refractivity (Wildman–Crippen MR) is 102 cm³/mol. The van der Waals surface area contributed by atoms with Crippen LogP contribution >= 0.6 is 64.3 Å². The topological polar surface area (TPSA) is 43.6 Å². The maximum Gasteiger partial charge on any atom is 0.257 e. The molecule has 5 nitrogen and oxygen atoms in total. The fraction of sp³-hybridized carbons (Fsp3) is 1.00. The number of hydrogen-bond donors (Lipinski definition) is 0. The Kier molecular flexibility index (Phi) is 6.06. The molecule has 3 rings (SSSR count). The van der Waals surface area contributed by atoms with Crippen molar-refractivity contribution in [3.63, 3.8) is 0 Å². The molecular weight excluding hydrogens is 425 g/mol. The molecule has 0 amide bonds. The molecule has 0 N–H and O–H groups in total. The Morgan fingerprint density at radius 3 is 1.41 bits per heavy atom. The van der Waals surface area contributed by atoms with E-state index in [1.807, 2.05) is 0 Å². The standard InChI is InChI=1S/C10H20Cl4N5P3/c11-20(12)15-21(13,18-7-3-1-4-8-18)17-22(14,16-20)19-9-5-2-6-10-19/h1-10H2/t21-,22-/m0/s1. The molecule has 2 saturated heterocycles. The van der Waals surface area contributed by atoms with Gasteiger partial charge in [0.25, 0.3) is 5.91 Å². The van der Waals surface area contributed by atoms with Crippen LogP contribution in [0.3, 0.4) is 0 Å². The van der Waals surface area contributed by atoms with Crippen LogP contribution in [0, 0.1) is 0 Å². The van der Waals surface area contributed by atoms with E-state index in [1.165, 1.54) is 12.8 Å². The van der Waals surface area contributed by atoms with Gasteiger partial charge in [-0.3, -0.25) is 0 Å². The molecule has 22 heavy (non-hydrogen) atoms. The van der Waals surface area contributed by atoms with Gasteiger partial charge in [0.1, 0.15) is 0 Å². The zero-order valence-electron chi connectivity index (χ0n) is 12.2. The highest BCUT2D eigenvalue weighted by Crippen LogP contribution is 2.86. The highest BCUT2D eigenvalue weighted by molar-refractivity contribution is 8.17. The maximum atomic E-state index is 6.86. The summed E-state index contributed by atoms with van der Waals surface area (Å²) in [5.41, 5.74) is 0. The molecule has 3 aliphatic rings. The maximum absolute atomic E-state index is 6.86. The molecule has 2 atom stereocenters. The van der Waals surface area contributed by atoms with Crippen molar-refractivity contribution in [2.75, 3.05) is 26.2 Å². The minimum absolute atomic E-state index is 0.884. The Hall–Kier alpha value is 1.77. The number of halogens is 4. The lowest BCUT2D eigenvalue weighted by Crippen LogP contribution is -2.27. The van der Waals surface area contributed by atoms with E-state index in [2.05, 4.69) is 18.4 Å². The average Bonchev–Trinajstić information content (AvgIpc) is 2.47. The summed E-state index contributed by atoms with van der Waals surface area (Å²) in [4.78, 5) is 0. The smallest absolute Gasteiger partial charge is 0.240 e. The van der Waals surface area contributed by atoms with E-state index < -0.39 is 19.3 Å². The normalized spacial score (nSPS) is 40.4. The first kappa shape index (κ1) is 18.6. The summed E-state index contributed by atoms with van der Waals surface area (Å²) < 4.78 is 18.1. The fourth-order valence-electron chi connectivity index (χ4n) is 2.96. The number of piperidine rings is 2. The van der Waals surface area contributed by atoms with Gasteiger partial charge in [0.2, 0.25) is 13.4 Å². The van der Waals surface area contributed by atoms with Gasteiger partial charge in [-0.1, -0.05) is 12.8 Å². The van der Waals surface area contributed by atoms with Gasteiger partial charge in [-0.25, -0.2) is 9.34 Å². The average molecular weight is 445 g/mol. The number of hydrogen-bond acceptors (Lipinski definition) is 5. The van der Waals surface area contributed by atoms with E-state index in [-0.39, 0.29) is 0 Å². The lowest BCUT2D eigenvalue weighted by atomic mass is 10.2. The first-order valence-electron chi connectivity index (χ1n) is 7.54. The minimum atomic E-state index is -2.86. The van der Waals surface area contributed by atoms with Gasteiger partial charge < -0.3 is 0 Å². The van der Waals surface area contributed by atoms with Gasteiger partial charge in [-0.05, 0) is 70.6 Å². The summed E-state index contributed by atoms with van der Waals surface area (Å²) in [7, 11) is 0. The van der Waals surface area contributed by atoms with Gasteiger partial charge in [0.15, 0.2) is 0 Å². The summed E-state index contributed by atoms with van der Waals surface area (Å²) in [6.07, 6.45) is 6.84. The number of rotatable bonds is 2. The summed E-state index contributed by atoms with van der Waals surface area (Å²) in [6, 6.07) is 0. The zero-order valence-corrected chi connectivity index (χ0v) is 17.9. The Morgan fingerprint density at radius 1 is 0.545 bits per heavy atom. The summed E-state index contributed by atoms with van der Waals surface area (Å²) >= 11 is 26.5. The van der Waals surface area contributed by atoms with Crippen LogP contribution in [0.1, 0.15) is 38.5 Å². The fourth-order valence-corrected chi connectivity index (χ4v) is 20.4. The van der Waals surface area contributed by atoms with Crippen LogP contribution in [-0.4, -0.2) is 35.5 Å². The van der Waals surface area contributed by atoms with Gasteiger partial charge in [0.05, 0.1) is 0 Å². The Labute approximate surface area is 151 Å². The van der Waals surface area contributed by atoms with Crippen molar-refractivity contribution in [2.45, 2.75) is 38.5 Å². The van der Waals surface area contributed by atoms with Crippen LogP contribution in [0.4, 0.5) is 0 Å². The Morgan fingerprint density at radius 2 is 0.955 bits per heavy atom. The molecule has 0 saturated carbocycles. The Balaban J connectivity index is 2.03. The van der Waals surface area contributed by atoms with Crippen LogP contribution in [-0.2, 0) is 0 Å². The summed E-state index contributed by atoms with van der Waals surface area (Å²) in [6.45, 7) is -1.72. The molecular formula is C10H20Cl4N5P3. The molecule has 3 aliphatic heterocycles. The molecule has 128 valence electrons. The first-order chi connectivity index (χ1) is 10.3. The van der Waals surface area contributed by atoms with Crippen molar-refractivity contribution < 1.29 is 0 Å². The van der Waals surface area contributed by atoms with E-state index in [0.717, 1.165) is 51.9 Å². The lowest BCUT2D eigenvalue weighted by Gasteiger charge is -2.39. The van der Waals surface area contributed by atoms with Crippen molar-refractivity contribution >= 4 is 64.3 Å². The SMILES string of the molecule is ClP1(Cl)=N[P@](Cl)(N2CCCCC2)=N[P@@](Cl)(N2CCCCC2)=N1. The van der Waals surface area contributed by atoms with Crippen LogP contribution in [0.15, 0.2) is 13.5 Å². The van der Waals surface area contributed by atoms with Gasteiger partial charge >= 0.3 is 0 Å². The van der Waals surface area contributed by atoms with E-state index in [4.69, 9.17) is 49.5 Å². The van der Waals surface area contributed by atoms with E-state index in [1.54, 1.807) is 0 Å². The van der Waals surface area contributed by atoms with E-state index in [0.29, 0.717) is 0 Å². The third-order valence-corrected chi connectivity index (χ3v) is 17.8. The zero-order chi connectivity index (χ0) is 15.8. The first-order valence-corrected chi connectivity index (χ1v) is 16.2. The molecule has 0 unspecified atom stereocenters. The molecule has 0 aromatic rings. The molecule has 0 radical (unpaired) electrons. The van der Waals surface area contributed by atoms with Crippen molar-refractivity contribution in [3.8, 4) is 0 Å². The molecule has 3 heterocycles. The van der Waals surface area contributed by atoms with Crippen LogP contribution < -0.4 is 0 Å². The second-order valence-electron chi connectivity index (χ2n) is 5.74. The highest BCUT2D eigenvalue weighted by atomic mass is 35.9. The highest BCUT2D eigenvalue weighted by Gasteiger charge is 2.40. The third-order valence-electron chi connectivity index (χ3n) is 4.06. The quantitative estimate of drug-likeness (QED) is 0.408. The van der Waals surface area contributed by atoms with Crippen LogP contribution in [0.5, 0.6) is 0 Å². The van der Waals surface area contributed by atoms with Crippen molar-refractivity contribution in [2.24, 2.45) is 13.5 Å². The van der Waals surface area contributed by atoms with Gasteiger partial charge in [-0.2, -0.15) is 13.5 Å². The predicted octanol–water partition coefficient (Wildman–Crippen LogP) is 7.77. The van der Waals surface area contributed by atoms with E-state index >= 15 is 0 Å². The molecule has 0 aliphatic carbocycles. The lowest BCUT2D eigenvalue weighted by molar-refractivity contribution is 0.366. The van der Waals surface area contributed by atoms with Crippen LogP contribution in [0.2, 0.25) is 0 Å². The monoisotopic (exact) mass is 443 g/mol. The minimum Gasteiger partial charge on any atom is -0.240 e. The largest absolute Gasteiger partial charge is 0.257 e. The molecule has 2 fully saturated rings. The van der Waals surface area contributed by atoms with Crippen molar-refractivity contribution in [1.29, 1.82) is 0 Å². The Bertz CT molecular complexity index is 568. The van der Waals surface area contributed by atoms with Crippen molar-refractivity contribution in [1.82, 2.24) is 9.34 Å². The van der Waals surface area contributed by atoms with Crippen LogP contribution in [0.25, 0.3) is 0 Å². The summed E-state index contributed by atoms with van der Waals surface area (Å²) in [5, 5.41) is 0. The van der Waals surface area contributed by atoms with Crippen molar-refractivity contribution in [3.05, 3.63) is 0 Å². The molecule has 12 heteroatoms. The molecule has 0 aromatic carbocycles.